The summed E-state index contributed by atoms with van der Waals surface area (Å²) in [7, 11) is 0. The second-order valence-corrected chi connectivity index (χ2v) is 5.65. The molecule has 0 spiro atoms. The van der Waals surface area contributed by atoms with Crippen LogP contribution in [0, 0.1) is 0 Å². The average Bonchev–Trinajstić information content (AvgIpc) is 2.76. The molecule has 1 aromatic carbocycles. The molecule has 0 aliphatic carbocycles. The lowest BCUT2D eigenvalue weighted by Crippen LogP contribution is -3.00. The van der Waals surface area contributed by atoms with Crippen LogP contribution in [0.5, 0.6) is 0 Å². The highest BCUT2D eigenvalue weighted by molar-refractivity contribution is 6.22. The molecule has 0 saturated carbocycles. The van der Waals surface area contributed by atoms with Crippen molar-refractivity contribution >= 4 is 23.4 Å². The van der Waals surface area contributed by atoms with E-state index in [1.165, 1.54) is 4.90 Å². The standard InChI is InChI=1S/C17H22N2O3.BrH/c1-4-6-7-15(20)18-12-8-9-13-14(10-12)17(22)19(16(13)21)11(3)5-2;/h8-11H,4-7H2,1-3H3,(H,18,20);1H/p-1. The Morgan fingerprint density at radius 1 is 1.17 bits per heavy atom. The van der Waals surface area contributed by atoms with Gasteiger partial charge in [-0.3, -0.25) is 19.3 Å². The van der Waals surface area contributed by atoms with Crippen molar-refractivity contribution in [3.05, 3.63) is 29.3 Å². The Bertz CT molecular complexity index is 616. The molecular weight excluding hydrogens is 360 g/mol. The van der Waals surface area contributed by atoms with Gasteiger partial charge in [-0.25, -0.2) is 0 Å². The van der Waals surface area contributed by atoms with E-state index in [0.717, 1.165) is 12.8 Å². The number of hydrogen-bond donors (Lipinski definition) is 1. The molecule has 0 aromatic heterocycles. The molecule has 1 unspecified atom stereocenters. The van der Waals surface area contributed by atoms with Crippen LogP contribution in [-0.2, 0) is 4.79 Å². The van der Waals surface area contributed by atoms with Crippen molar-refractivity contribution in [2.75, 3.05) is 5.32 Å². The Labute approximate surface area is 147 Å². The molecule has 23 heavy (non-hydrogen) atoms. The molecule has 1 N–H and O–H groups in total. The van der Waals surface area contributed by atoms with Crippen LogP contribution in [0.2, 0.25) is 0 Å². The maximum atomic E-state index is 12.4. The van der Waals surface area contributed by atoms with Crippen LogP contribution in [0.3, 0.4) is 0 Å². The first-order valence-corrected chi connectivity index (χ1v) is 7.81. The van der Waals surface area contributed by atoms with Crippen LogP contribution in [0.25, 0.3) is 0 Å². The Kier molecular flexibility index (Phi) is 6.94. The van der Waals surface area contributed by atoms with E-state index in [9.17, 15) is 14.4 Å². The minimum atomic E-state index is -0.279. The number of carbonyl (C=O) groups excluding carboxylic acids is 3. The third-order valence-corrected chi connectivity index (χ3v) is 3.99. The number of rotatable bonds is 6. The van der Waals surface area contributed by atoms with Crippen molar-refractivity contribution in [2.45, 2.75) is 52.5 Å². The number of nitrogens with one attached hydrogen (secondary N) is 1. The maximum Gasteiger partial charge on any atom is 0.261 e. The van der Waals surface area contributed by atoms with Gasteiger partial charge in [0, 0.05) is 18.2 Å². The number of halogens is 1. The van der Waals surface area contributed by atoms with Gasteiger partial charge in [-0.2, -0.15) is 0 Å². The minimum Gasteiger partial charge on any atom is -1.00 e. The van der Waals surface area contributed by atoms with Gasteiger partial charge in [-0.1, -0.05) is 20.3 Å². The molecule has 1 atom stereocenters. The highest BCUT2D eigenvalue weighted by atomic mass is 79.9. The predicted octanol–water partition coefficient (Wildman–Crippen LogP) is 0.214. The fourth-order valence-electron chi connectivity index (χ4n) is 2.48. The van der Waals surface area contributed by atoms with Crippen LogP contribution in [0.1, 0.15) is 67.2 Å². The number of anilines is 1. The molecule has 1 aromatic rings. The number of imide groups is 1. The zero-order valence-electron chi connectivity index (χ0n) is 13.7. The van der Waals surface area contributed by atoms with E-state index in [2.05, 4.69) is 5.32 Å². The van der Waals surface area contributed by atoms with Crippen LogP contribution in [0.15, 0.2) is 18.2 Å². The van der Waals surface area contributed by atoms with Crippen molar-refractivity contribution < 1.29 is 31.4 Å². The number of amides is 3. The summed E-state index contributed by atoms with van der Waals surface area (Å²) < 4.78 is 0. The van der Waals surface area contributed by atoms with Crippen LogP contribution < -0.4 is 22.3 Å². The average molecular weight is 382 g/mol. The number of fused-ring (bicyclic) bond motifs is 1. The van der Waals surface area contributed by atoms with Gasteiger partial charge in [-0.05, 0) is 38.0 Å². The second kappa shape index (κ2) is 8.24. The molecule has 6 heteroatoms. The lowest BCUT2D eigenvalue weighted by atomic mass is 10.1. The number of unbranched alkanes of at least 4 members (excludes halogenated alkanes) is 1. The van der Waals surface area contributed by atoms with Crippen molar-refractivity contribution in [1.29, 1.82) is 0 Å². The highest BCUT2D eigenvalue weighted by Gasteiger charge is 2.37. The zero-order valence-corrected chi connectivity index (χ0v) is 15.3. The normalized spacial score (nSPS) is 14.3. The molecule has 0 radical (unpaired) electrons. The van der Waals surface area contributed by atoms with Crippen LogP contribution in [0.4, 0.5) is 5.69 Å². The molecule has 1 heterocycles. The van der Waals surface area contributed by atoms with Gasteiger partial charge in [0.1, 0.15) is 0 Å². The molecule has 3 amide bonds. The topological polar surface area (TPSA) is 66.5 Å². The Hall–Kier alpha value is -1.69. The van der Waals surface area contributed by atoms with E-state index in [4.69, 9.17) is 0 Å². The molecule has 5 nitrogen and oxygen atoms in total. The van der Waals surface area contributed by atoms with Gasteiger partial charge in [-0.15, -0.1) is 0 Å². The lowest BCUT2D eigenvalue weighted by Gasteiger charge is -2.20. The third-order valence-electron chi connectivity index (χ3n) is 3.99. The van der Waals surface area contributed by atoms with Crippen LogP contribution in [-0.4, -0.2) is 28.7 Å². The van der Waals surface area contributed by atoms with E-state index >= 15 is 0 Å². The summed E-state index contributed by atoms with van der Waals surface area (Å²) in [6, 6.07) is 4.76. The van der Waals surface area contributed by atoms with Crippen molar-refractivity contribution in [2.24, 2.45) is 0 Å². The summed E-state index contributed by atoms with van der Waals surface area (Å²) in [5.74, 6) is -0.602. The first-order chi connectivity index (χ1) is 10.5. The lowest BCUT2D eigenvalue weighted by molar-refractivity contribution is -0.116. The second-order valence-electron chi connectivity index (χ2n) is 5.65. The van der Waals surface area contributed by atoms with E-state index in [0.29, 0.717) is 29.7 Å². The summed E-state index contributed by atoms with van der Waals surface area (Å²) >= 11 is 0. The first kappa shape index (κ1) is 19.4. The van der Waals surface area contributed by atoms with Gasteiger partial charge < -0.3 is 22.3 Å². The summed E-state index contributed by atoms with van der Waals surface area (Å²) in [5.41, 5.74) is 1.35. The molecule has 2 rings (SSSR count). The van der Waals surface area contributed by atoms with E-state index in [-0.39, 0.29) is 40.7 Å². The van der Waals surface area contributed by atoms with E-state index in [1.54, 1.807) is 18.2 Å². The van der Waals surface area contributed by atoms with Crippen LogP contribution >= 0.6 is 0 Å². The summed E-state index contributed by atoms with van der Waals surface area (Å²) in [6.45, 7) is 5.82. The smallest absolute Gasteiger partial charge is 0.261 e. The van der Waals surface area contributed by atoms with Crippen molar-refractivity contribution in [1.82, 2.24) is 4.90 Å². The van der Waals surface area contributed by atoms with Gasteiger partial charge in [0.2, 0.25) is 5.91 Å². The number of benzene rings is 1. The van der Waals surface area contributed by atoms with Gasteiger partial charge in [0.25, 0.3) is 11.8 Å². The molecule has 1 aliphatic heterocycles. The third kappa shape index (κ3) is 3.99. The van der Waals surface area contributed by atoms with E-state index < -0.39 is 0 Å². The fraction of sp³-hybridized carbons (Fsp3) is 0.471. The molecular formula is C17H22BrN2O3-. The quantitative estimate of drug-likeness (QED) is 0.716. The number of carbonyl (C=O) groups is 3. The molecule has 126 valence electrons. The van der Waals surface area contributed by atoms with Crippen molar-refractivity contribution in [3.63, 3.8) is 0 Å². The highest BCUT2D eigenvalue weighted by Crippen LogP contribution is 2.28. The predicted molar refractivity (Wildman–Crippen MR) is 84.8 cm³/mol. The summed E-state index contributed by atoms with van der Waals surface area (Å²) in [5, 5.41) is 2.78. The summed E-state index contributed by atoms with van der Waals surface area (Å²) in [4.78, 5) is 37.8. The minimum absolute atomic E-state index is 0. The number of hydrogen-bond acceptors (Lipinski definition) is 3. The fourth-order valence-corrected chi connectivity index (χ4v) is 2.48. The largest absolute Gasteiger partial charge is 1.00 e. The monoisotopic (exact) mass is 381 g/mol. The SMILES string of the molecule is CCCCC(=O)Nc1ccc2c(c1)C(=O)N(C(C)CC)C2=O.[Br-]. The molecule has 0 bridgehead atoms. The molecule has 0 fully saturated rings. The van der Waals surface area contributed by atoms with Crippen molar-refractivity contribution in [3.8, 4) is 0 Å². The Balaban J connectivity index is 0.00000264. The molecule has 0 saturated heterocycles. The Morgan fingerprint density at radius 2 is 1.83 bits per heavy atom. The van der Waals surface area contributed by atoms with Gasteiger partial charge in [0.15, 0.2) is 0 Å². The summed E-state index contributed by atoms with van der Waals surface area (Å²) in [6.07, 6.45) is 2.95. The molecule has 1 aliphatic rings. The van der Waals surface area contributed by atoms with Gasteiger partial charge >= 0.3 is 0 Å². The zero-order chi connectivity index (χ0) is 16.3. The maximum absolute atomic E-state index is 12.4. The van der Waals surface area contributed by atoms with Gasteiger partial charge in [0.05, 0.1) is 11.1 Å². The first-order valence-electron chi connectivity index (χ1n) is 7.81. The Morgan fingerprint density at radius 3 is 2.43 bits per heavy atom. The number of nitrogens with zero attached hydrogens (tertiary/aromatic N) is 1. The van der Waals surface area contributed by atoms with E-state index in [1.807, 2.05) is 20.8 Å².